The van der Waals surface area contributed by atoms with Gasteiger partial charge in [0.05, 0.1) is 12.0 Å². The highest BCUT2D eigenvalue weighted by atomic mass is 16.5. The van der Waals surface area contributed by atoms with Crippen molar-refractivity contribution in [3.05, 3.63) is 0 Å². The van der Waals surface area contributed by atoms with Crippen molar-refractivity contribution in [3.8, 4) is 0 Å². The number of nitrogens with zero attached hydrogens (tertiary/aromatic N) is 1. The molecule has 10 atom stereocenters. The molecule has 4 unspecified atom stereocenters. The number of cyclic esters (lactones) is 1. The molecule has 1 saturated heterocycles. The van der Waals surface area contributed by atoms with E-state index in [1.54, 1.807) is 14.0 Å². The van der Waals surface area contributed by atoms with Gasteiger partial charge in [0.2, 0.25) is 29.5 Å². The van der Waals surface area contributed by atoms with Gasteiger partial charge in [0.25, 0.3) is 0 Å². The van der Waals surface area contributed by atoms with Crippen LogP contribution in [0.25, 0.3) is 0 Å². The molecule has 14 heteroatoms. The van der Waals surface area contributed by atoms with Gasteiger partial charge in [-0.2, -0.15) is 0 Å². The molecule has 0 aromatic heterocycles. The fourth-order valence-electron chi connectivity index (χ4n) is 8.65. The van der Waals surface area contributed by atoms with Crippen molar-refractivity contribution in [2.45, 2.75) is 141 Å². The molecular formula is C36H60N6O8. The summed E-state index contributed by atoms with van der Waals surface area (Å²) in [4.78, 5) is 83.3. The summed E-state index contributed by atoms with van der Waals surface area (Å²) in [5.41, 5.74) is 5.91. The van der Waals surface area contributed by atoms with E-state index in [-0.39, 0.29) is 18.4 Å². The van der Waals surface area contributed by atoms with Crippen LogP contribution < -0.4 is 27.0 Å². The lowest BCUT2D eigenvalue weighted by atomic mass is 9.82. The van der Waals surface area contributed by atoms with Crippen molar-refractivity contribution in [2.24, 2.45) is 35.3 Å². The number of esters is 1. The molecule has 7 N–H and O–H groups in total. The van der Waals surface area contributed by atoms with Crippen molar-refractivity contribution in [3.63, 3.8) is 0 Å². The molecule has 0 spiro atoms. The Labute approximate surface area is 296 Å². The summed E-state index contributed by atoms with van der Waals surface area (Å²) in [6.45, 7) is 4.06. The SMILES string of the molecule is CCC[C@H]1C(=O)N[C@@H](C2CCCCCC2)C(=O)N[C@@H](CN)C(=O)N[C@@H](C(C)O)C(=O)NCC(=O)O[C@H](CC2CC3CCC2C3)[C@@H](C)C(=O)N1C. The molecule has 282 valence electrons. The zero-order valence-electron chi connectivity index (χ0n) is 30.3. The van der Waals surface area contributed by atoms with Gasteiger partial charge >= 0.3 is 5.97 Å². The normalized spacial score (nSPS) is 35.1. The van der Waals surface area contributed by atoms with Gasteiger partial charge in [-0.3, -0.25) is 28.8 Å². The van der Waals surface area contributed by atoms with E-state index < -0.39 is 78.4 Å². The summed E-state index contributed by atoms with van der Waals surface area (Å²) in [6, 6.07) is -4.63. The number of fused-ring (bicyclic) bond motifs is 2. The van der Waals surface area contributed by atoms with Crippen LogP contribution in [0.15, 0.2) is 0 Å². The second kappa shape index (κ2) is 18.3. The van der Waals surface area contributed by atoms with Gasteiger partial charge in [-0.1, -0.05) is 52.4 Å². The average molecular weight is 705 g/mol. The number of rotatable bonds is 7. The van der Waals surface area contributed by atoms with E-state index in [2.05, 4.69) is 21.3 Å². The second-order valence-corrected chi connectivity index (χ2v) is 15.2. The maximum atomic E-state index is 14.2. The standard InChI is InChI=1S/C36H60N6O8/c1-5-10-27-33(46)41-31(23-11-8-6-7-9-12-23)35(48)39-26(18-37)32(45)40-30(21(3)43)34(47)38-19-29(44)50-28(20(2)36(49)42(27)4)17-25-16-22-13-14-24(25)15-22/h20-28,30-31,43H,5-19,37H2,1-4H3,(H,38,47)(H,39,48)(H,40,45)(H,41,46)/t20-,21?,22?,24?,25?,26+,27+,28-,30+,31+/m1/s1. The first-order valence-corrected chi connectivity index (χ1v) is 18.9. The minimum Gasteiger partial charge on any atom is -0.460 e. The largest absolute Gasteiger partial charge is 0.460 e. The van der Waals surface area contributed by atoms with E-state index >= 15 is 0 Å². The summed E-state index contributed by atoms with van der Waals surface area (Å²) in [7, 11) is 1.57. The molecule has 50 heavy (non-hydrogen) atoms. The Hall–Kier alpha value is -3.26. The lowest BCUT2D eigenvalue weighted by Crippen LogP contribution is -2.62. The summed E-state index contributed by atoms with van der Waals surface area (Å²) in [6.07, 6.45) is 8.90. The van der Waals surface area contributed by atoms with Crippen molar-refractivity contribution < 1.29 is 38.6 Å². The Morgan fingerprint density at radius 2 is 1.58 bits per heavy atom. The molecule has 4 rings (SSSR count). The summed E-state index contributed by atoms with van der Waals surface area (Å²) >= 11 is 0. The van der Waals surface area contributed by atoms with Crippen LogP contribution in [0.2, 0.25) is 0 Å². The van der Waals surface area contributed by atoms with Gasteiger partial charge in [0, 0.05) is 13.6 Å². The topological polar surface area (TPSA) is 209 Å². The van der Waals surface area contributed by atoms with Gasteiger partial charge < -0.3 is 41.7 Å². The zero-order valence-corrected chi connectivity index (χ0v) is 30.3. The molecule has 1 aliphatic heterocycles. The van der Waals surface area contributed by atoms with E-state index in [1.807, 2.05) is 6.92 Å². The monoisotopic (exact) mass is 704 g/mol. The number of carbonyl (C=O) groups excluding carboxylic acids is 6. The van der Waals surface area contributed by atoms with Crippen LogP contribution in [0, 0.1) is 29.6 Å². The number of carbonyl (C=O) groups is 6. The maximum absolute atomic E-state index is 14.2. The zero-order chi connectivity index (χ0) is 36.5. The molecule has 0 aromatic carbocycles. The lowest BCUT2D eigenvalue weighted by Gasteiger charge is -2.35. The molecule has 5 amide bonds. The molecular weight excluding hydrogens is 644 g/mol. The number of aliphatic hydroxyl groups is 1. The maximum Gasteiger partial charge on any atom is 0.325 e. The number of amides is 5. The van der Waals surface area contributed by atoms with Crippen LogP contribution >= 0.6 is 0 Å². The molecule has 3 aliphatic carbocycles. The van der Waals surface area contributed by atoms with E-state index in [4.69, 9.17) is 10.5 Å². The highest BCUT2D eigenvalue weighted by molar-refractivity contribution is 5.96. The summed E-state index contributed by atoms with van der Waals surface area (Å²) in [5, 5.41) is 20.9. The molecule has 1 heterocycles. The third-order valence-electron chi connectivity index (χ3n) is 11.6. The number of aliphatic hydroxyl groups excluding tert-OH is 1. The summed E-state index contributed by atoms with van der Waals surface area (Å²) in [5.74, 6) is -3.37. The van der Waals surface area contributed by atoms with E-state index in [0.29, 0.717) is 49.9 Å². The van der Waals surface area contributed by atoms with Crippen molar-refractivity contribution in [2.75, 3.05) is 20.1 Å². The van der Waals surface area contributed by atoms with Gasteiger partial charge in [-0.05, 0) is 75.5 Å². The molecule has 3 saturated carbocycles. The van der Waals surface area contributed by atoms with Crippen LogP contribution in [-0.2, 0) is 33.5 Å². The Morgan fingerprint density at radius 1 is 0.880 bits per heavy atom. The number of nitrogens with two attached hydrogens (primary N) is 1. The smallest absolute Gasteiger partial charge is 0.325 e. The minimum atomic E-state index is -1.46. The fourth-order valence-corrected chi connectivity index (χ4v) is 8.65. The number of ether oxygens (including phenoxy) is 1. The van der Waals surface area contributed by atoms with Gasteiger partial charge in [0.1, 0.15) is 36.8 Å². The van der Waals surface area contributed by atoms with Gasteiger partial charge in [-0.15, -0.1) is 0 Å². The van der Waals surface area contributed by atoms with Gasteiger partial charge in [0.15, 0.2) is 0 Å². The molecule has 4 aliphatic rings. The quantitative estimate of drug-likeness (QED) is 0.164. The highest BCUT2D eigenvalue weighted by Gasteiger charge is 2.44. The first kappa shape index (κ1) is 39.5. The fraction of sp³-hybridized carbons (Fsp3) is 0.833. The van der Waals surface area contributed by atoms with Crippen molar-refractivity contribution in [1.82, 2.24) is 26.2 Å². The lowest BCUT2D eigenvalue weighted by molar-refractivity contribution is -0.158. The first-order valence-electron chi connectivity index (χ1n) is 18.9. The average Bonchev–Trinajstić information content (AvgIpc) is 3.61. The predicted molar refractivity (Wildman–Crippen MR) is 185 cm³/mol. The molecule has 2 bridgehead atoms. The van der Waals surface area contributed by atoms with E-state index in [9.17, 15) is 33.9 Å². The van der Waals surface area contributed by atoms with Crippen LogP contribution in [0.3, 0.4) is 0 Å². The number of likely N-dealkylation sites (N-methyl/N-ethyl adjacent to an activating group) is 1. The van der Waals surface area contributed by atoms with E-state index in [1.165, 1.54) is 18.2 Å². The van der Waals surface area contributed by atoms with Crippen LogP contribution in [0.4, 0.5) is 0 Å². The number of hydrogen-bond acceptors (Lipinski definition) is 9. The van der Waals surface area contributed by atoms with Crippen molar-refractivity contribution in [1.29, 1.82) is 0 Å². The van der Waals surface area contributed by atoms with E-state index in [0.717, 1.165) is 44.9 Å². The Morgan fingerprint density at radius 3 is 2.16 bits per heavy atom. The Bertz CT molecular complexity index is 1220. The van der Waals surface area contributed by atoms with Crippen LogP contribution in [0.1, 0.15) is 104 Å². The van der Waals surface area contributed by atoms with Crippen LogP contribution in [-0.4, -0.2) is 102 Å². The minimum absolute atomic E-state index is 0.208. The molecule has 14 nitrogen and oxygen atoms in total. The first-order chi connectivity index (χ1) is 23.8. The Kier molecular flexibility index (Phi) is 14.5. The number of nitrogens with one attached hydrogen (secondary N) is 4. The Balaban J connectivity index is 1.68. The highest BCUT2D eigenvalue weighted by Crippen LogP contribution is 2.50. The predicted octanol–water partition coefficient (Wildman–Crippen LogP) is 0.882. The molecule has 4 fully saturated rings. The van der Waals surface area contributed by atoms with Crippen molar-refractivity contribution >= 4 is 35.5 Å². The third-order valence-corrected chi connectivity index (χ3v) is 11.6. The number of hydrogen-bond donors (Lipinski definition) is 6. The second-order valence-electron chi connectivity index (χ2n) is 15.2. The summed E-state index contributed by atoms with van der Waals surface area (Å²) < 4.78 is 5.94. The third kappa shape index (κ3) is 9.95. The molecule has 0 aromatic rings. The van der Waals surface area contributed by atoms with Gasteiger partial charge in [-0.25, -0.2) is 0 Å². The molecule has 0 radical (unpaired) electrons. The van der Waals surface area contributed by atoms with Crippen LogP contribution in [0.5, 0.6) is 0 Å².